The molecule has 3 atom stereocenters. The molecule has 0 heterocycles. The van der Waals surface area contributed by atoms with E-state index in [4.69, 9.17) is 10.5 Å². The maximum Gasteiger partial charge on any atom is 0.0602 e. The quantitative estimate of drug-likeness (QED) is 0.624. The predicted octanol–water partition coefficient (Wildman–Crippen LogP) is 1.47. The SMILES string of the molecule is CCC(C)N(CCOC)C(CO)C(N)CC(C)C. The highest BCUT2D eigenvalue weighted by molar-refractivity contribution is 4.85. The van der Waals surface area contributed by atoms with Gasteiger partial charge in [-0.15, -0.1) is 0 Å². The van der Waals surface area contributed by atoms with E-state index in [0.717, 1.165) is 19.4 Å². The van der Waals surface area contributed by atoms with Gasteiger partial charge in [-0.05, 0) is 25.7 Å². The highest BCUT2D eigenvalue weighted by Gasteiger charge is 2.27. The number of methoxy groups -OCH3 is 1. The lowest BCUT2D eigenvalue weighted by molar-refractivity contribution is 0.0427. The van der Waals surface area contributed by atoms with E-state index in [-0.39, 0.29) is 18.7 Å². The van der Waals surface area contributed by atoms with Crippen LogP contribution in [-0.4, -0.2) is 55.0 Å². The van der Waals surface area contributed by atoms with E-state index in [2.05, 4.69) is 32.6 Å². The molecule has 0 aliphatic rings. The van der Waals surface area contributed by atoms with Crippen molar-refractivity contribution in [3.63, 3.8) is 0 Å². The highest BCUT2D eigenvalue weighted by Crippen LogP contribution is 2.15. The van der Waals surface area contributed by atoms with Crippen LogP contribution in [0.5, 0.6) is 0 Å². The number of aliphatic hydroxyl groups is 1. The van der Waals surface area contributed by atoms with Crippen LogP contribution in [0.4, 0.5) is 0 Å². The summed E-state index contributed by atoms with van der Waals surface area (Å²) in [6.07, 6.45) is 1.99. The van der Waals surface area contributed by atoms with Gasteiger partial charge in [-0.25, -0.2) is 0 Å². The predicted molar refractivity (Wildman–Crippen MR) is 76.6 cm³/mol. The van der Waals surface area contributed by atoms with Crippen molar-refractivity contribution < 1.29 is 9.84 Å². The van der Waals surface area contributed by atoms with Crippen LogP contribution in [-0.2, 0) is 4.74 Å². The van der Waals surface area contributed by atoms with Crippen molar-refractivity contribution >= 4 is 0 Å². The summed E-state index contributed by atoms with van der Waals surface area (Å²) in [4.78, 5) is 2.29. The van der Waals surface area contributed by atoms with Gasteiger partial charge in [0.1, 0.15) is 0 Å². The number of rotatable bonds is 10. The molecule has 0 aliphatic heterocycles. The fourth-order valence-electron chi connectivity index (χ4n) is 2.33. The Kier molecular flexibility index (Phi) is 9.64. The van der Waals surface area contributed by atoms with Crippen LogP contribution in [0, 0.1) is 5.92 Å². The second kappa shape index (κ2) is 9.73. The van der Waals surface area contributed by atoms with Gasteiger partial charge >= 0.3 is 0 Å². The van der Waals surface area contributed by atoms with Gasteiger partial charge in [0.15, 0.2) is 0 Å². The molecule has 0 radical (unpaired) electrons. The molecule has 0 spiro atoms. The fraction of sp³-hybridized carbons (Fsp3) is 1.00. The number of hydrogen-bond acceptors (Lipinski definition) is 4. The average molecular weight is 260 g/mol. The lowest BCUT2D eigenvalue weighted by atomic mass is 9.96. The summed E-state index contributed by atoms with van der Waals surface area (Å²) in [6, 6.07) is 0.453. The van der Waals surface area contributed by atoms with Crippen molar-refractivity contribution in [2.24, 2.45) is 11.7 Å². The molecule has 0 aliphatic carbocycles. The molecule has 18 heavy (non-hydrogen) atoms. The minimum Gasteiger partial charge on any atom is -0.395 e. The third-order valence-electron chi connectivity index (χ3n) is 3.56. The Morgan fingerprint density at radius 3 is 2.28 bits per heavy atom. The van der Waals surface area contributed by atoms with E-state index in [1.165, 1.54) is 0 Å². The van der Waals surface area contributed by atoms with Gasteiger partial charge in [-0.1, -0.05) is 20.8 Å². The van der Waals surface area contributed by atoms with Crippen LogP contribution < -0.4 is 5.73 Å². The molecule has 0 bridgehead atoms. The van der Waals surface area contributed by atoms with Gasteiger partial charge in [0.25, 0.3) is 0 Å². The van der Waals surface area contributed by atoms with Crippen LogP contribution in [0.3, 0.4) is 0 Å². The molecule has 0 saturated heterocycles. The molecule has 4 heteroatoms. The lowest BCUT2D eigenvalue weighted by Crippen LogP contribution is -2.54. The first-order valence-corrected chi connectivity index (χ1v) is 7.08. The summed E-state index contributed by atoms with van der Waals surface area (Å²) >= 11 is 0. The molecule has 0 saturated carbocycles. The van der Waals surface area contributed by atoms with Gasteiger partial charge in [-0.3, -0.25) is 4.90 Å². The molecular formula is C14H32N2O2. The van der Waals surface area contributed by atoms with Crippen LogP contribution in [0.2, 0.25) is 0 Å². The van der Waals surface area contributed by atoms with Crippen LogP contribution in [0.25, 0.3) is 0 Å². The maximum atomic E-state index is 9.66. The van der Waals surface area contributed by atoms with Crippen molar-refractivity contribution in [1.29, 1.82) is 0 Å². The Labute approximate surface area is 112 Å². The number of nitrogens with two attached hydrogens (primary N) is 1. The molecule has 0 aromatic heterocycles. The number of nitrogens with zero attached hydrogens (tertiary/aromatic N) is 1. The van der Waals surface area contributed by atoms with Gasteiger partial charge in [0, 0.05) is 31.8 Å². The molecule has 0 fully saturated rings. The second-order valence-corrected chi connectivity index (χ2v) is 5.53. The molecule has 0 rings (SSSR count). The molecule has 3 unspecified atom stereocenters. The molecule has 0 aromatic rings. The molecular weight excluding hydrogens is 228 g/mol. The lowest BCUT2D eigenvalue weighted by Gasteiger charge is -2.38. The monoisotopic (exact) mass is 260 g/mol. The zero-order chi connectivity index (χ0) is 14.1. The van der Waals surface area contributed by atoms with Gasteiger partial charge in [0.05, 0.1) is 13.2 Å². The molecule has 3 N–H and O–H groups in total. The largest absolute Gasteiger partial charge is 0.395 e. The second-order valence-electron chi connectivity index (χ2n) is 5.53. The zero-order valence-corrected chi connectivity index (χ0v) is 12.7. The van der Waals surface area contributed by atoms with Crippen LogP contribution in [0.1, 0.15) is 40.5 Å². The smallest absolute Gasteiger partial charge is 0.0602 e. The van der Waals surface area contributed by atoms with Crippen LogP contribution in [0.15, 0.2) is 0 Å². The summed E-state index contributed by atoms with van der Waals surface area (Å²) in [5.41, 5.74) is 6.25. The van der Waals surface area contributed by atoms with Crippen molar-refractivity contribution in [3.05, 3.63) is 0 Å². The van der Waals surface area contributed by atoms with Crippen molar-refractivity contribution in [3.8, 4) is 0 Å². The Morgan fingerprint density at radius 2 is 1.89 bits per heavy atom. The number of aliphatic hydroxyl groups excluding tert-OH is 1. The first-order valence-electron chi connectivity index (χ1n) is 7.08. The van der Waals surface area contributed by atoms with E-state index in [1.807, 2.05) is 0 Å². The Hall–Kier alpha value is -0.160. The van der Waals surface area contributed by atoms with Crippen molar-refractivity contribution in [2.45, 2.75) is 58.7 Å². The summed E-state index contributed by atoms with van der Waals surface area (Å²) in [7, 11) is 1.71. The summed E-state index contributed by atoms with van der Waals surface area (Å²) < 4.78 is 5.16. The molecule has 0 amide bonds. The first kappa shape index (κ1) is 17.8. The Bertz CT molecular complexity index is 200. The van der Waals surface area contributed by atoms with E-state index in [0.29, 0.717) is 18.6 Å². The normalized spacial score (nSPS) is 17.2. The van der Waals surface area contributed by atoms with Crippen LogP contribution >= 0.6 is 0 Å². The Balaban J connectivity index is 4.67. The highest BCUT2D eigenvalue weighted by atomic mass is 16.5. The minimum absolute atomic E-state index is 0.0147. The number of hydrogen-bond donors (Lipinski definition) is 2. The Morgan fingerprint density at radius 1 is 1.28 bits per heavy atom. The maximum absolute atomic E-state index is 9.66. The molecule has 110 valence electrons. The minimum atomic E-state index is 0.0147. The van der Waals surface area contributed by atoms with Crippen molar-refractivity contribution in [1.82, 2.24) is 4.90 Å². The summed E-state index contributed by atoms with van der Waals surface area (Å²) in [5.74, 6) is 0.551. The summed E-state index contributed by atoms with van der Waals surface area (Å²) in [5, 5.41) is 9.66. The molecule has 4 nitrogen and oxygen atoms in total. The zero-order valence-electron chi connectivity index (χ0n) is 12.7. The van der Waals surface area contributed by atoms with E-state index in [9.17, 15) is 5.11 Å². The topological polar surface area (TPSA) is 58.7 Å². The average Bonchev–Trinajstić information content (AvgIpc) is 2.32. The third-order valence-corrected chi connectivity index (χ3v) is 3.56. The summed E-state index contributed by atoms with van der Waals surface area (Å²) in [6.45, 7) is 10.3. The van der Waals surface area contributed by atoms with Gasteiger partial charge in [-0.2, -0.15) is 0 Å². The van der Waals surface area contributed by atoms with E-state index < -0.39 is 0 Å². The number of ether oxygens (including phenoxy) is 1. The van der Waals surface area contributed by atoms with Gasteiger partial charge in [0.2, 0.25) is 0 Å². The van der Waals surface area contributed by atoms with Crippen molar-refractivity contribution in [2.75, 3.05) is 26.9 Å². The standard InChI is InChI=1S/C14H32N2O2/c1-6-12(4)16(7-8-18-5)14(10-17)13(15)9-11(2)3/h11-14,17H,6-10,15H2,1-5H3. The molecule has 0 aromatic carbocycles. The first-order chi connectivity index (χ1) is 8.47. The van der Waals surface area contributed by atoms with E-state index >= 15 is 0 Å². The van der Waals surface area contributed by atoms with Gasteiger partial charge < -0.3 is 15.6 Å². The fourth-order valence-corrected chi connectivity index (χ4v) is 2.33. The third kappa shape index (κ3) is 6.14. The van der Waals surface area contributed by atoms with E-state index in [1.54, 1.807) is 7.11 Å².